The minimum Gasteiger partial charge on any atom is -0.466 e. The van der Waals surface area contributed by atoms with Crippen molar-refractivity contribution >= 4 is 11.9 Å². The minimum atomic E-state index is -0.849. The third kappa shape index (κ3) is 55.0. The Hall–Kier alpha value is -2.18. The molecule has 69 heavy (non-hydrogen) atoms. The van der Waals surface area contributed by atoms with Gasteiger partial charge >= 0.3 is 5.97 Å². The first-order valence-corrected chi connectivity index (χ1v) is 30.4. The van der Waals surface area contributed by atoms with E-state index >= 15 is 0 Å². The fourth-order valence-electron chi connectivity index (χ4n) is 9.13. The smallest absolute Gasteiger partial charge is 0.305 e. The van der Waals surface area contributed by atoms with Crippen LogP contribution in [-0.2, 0) is 14.3 Å². The summed E-state index contributed by atoms with van der Waals surface area (Å²) in [6.45, 7) is 4.88. The molecule has 0 aliphatic carbocycles. The van der Waals surface area contributed by atoms with Crippen molar-refractivity contribution in [2.24, 2.45) is 0 Å². The maximum Gasteiger partial charge on any atom is 0.305 e. The molecule has 0 aromatic heterocycles. The van der Waals surface area contributed by atoms with Crippen LogP contribution in [0.25, 0.3) is 0 Å². The Balaban J connectivity index is 3.44. The Kier molecular flexibility index (Phi) is 56.5. The zero-order chi connectivity index (χ0) is 50.0. The number of unbranched alkanes of at least 4 members (excludes halogenated alkanes) is 39. The number of rotatable bonds is 56. The molecule has 6 nitrogen and oxygen atoms in total. The molecule has 2 atom stereocenters. The Bertz CT molecular complexity index is 1160. The van der Waals surface area contributed by atoms with Crippen LogP contribution >= 0.6 is 0 Å². The predicted octanol–water partition coefficient (Wildman–Crippen LogP) is 19.0. The molecule has 0 heterocycles. The van der Waals surface area contributed by atoms with E-state index in [9.17, 15) is 19.8 Å². The van der Waals surface area contributed by atoms with Crippen molar-refractivity contribution in [2.75, 3.05) is 13.2 Å². The van der Waals surface area contributed by atoms with Gasteiger partial charge in [-0.2, -0.15) is 0 Å². The summed E-state index contributed by atoms with van der Waals surface area (Å²) in [4.78, 5) is 24.5. The summed E-state index contributed by atoms with van der Waals surface area (Å²) in [5, 5.41) is 23.1. The molecular formula is C63H117NO5. The highest BCUT2D eigenvalue weighted by Gasteiger charge is 2.18. The van der Waals surface area contributed by atoms with Gasteiger partial charge in [-0.05, 0) is 89.9 Å². The average Bonchev–Trinajstić information content (AvgIpc) is 3.35. The highest BCUT2D eigenvalue weighted by atomic mass is 16.5. The SMILES string of the molecule is CCCCCC/C=C\C/C=C\CCCCCCCC(=O)OCCCCCCCCCCCCC/C=C\CCCCCCCCCC(=O)NC(CO)C(O)/C=C/CCCCCCCCCCCCCC. The number of carbonyl (C=O) groups is 2. The molecule has 404 valence electrons. The number of hydrogen-bond donors (Lipinski definition) is 3. The van der Waals surface area contributed by atoms with Crippen LogP contribution in [0, 0.1) is 0 Å². The monoisotopic (exact) mass is 968 g/mol. The van der Waals surface area contributed by atoms with Crippen molar-refractivity contribution in [2.45, 2.75) is 328 Å². The second kappa shape index (κ2) is 58.4. The molecule has 3 N–H and O–H groups in total. The van der Waals surface area contributed by atoms with Crippen molar-refractivity contribution in [1.29, 1.82) is 0 Å². The maximum absolute atomic E-state index is 12.4. The van der Waals surface area contributed by atoms with E-state index in [-0.39, 0.29) is 18.5 Å². The number of aliphatic hydroxyl groups excluding tert-OH is 2. The molecule has 0 aromatic rings. The van der Waals surface area contributed by atoms with Crippen molar-refractivity contribution in [3.8, 4) is 0 Å². The molecule has 0 bridgehead atoms. The lowest BCUT2D eigenvalue weighted by molar-refractivity contribution is -0.143. The van der Waals surface area contributed by atoms with E-state index in [0.29, 0.717) is 19.4 Å². The van der Waals surface area contributed by atoms with Gasteiger partial charge in [-0.1, -0.05) is 262 Å². The third-order valence-corrected chi connectivity index (χ3v) is 13.8. The lowest BCUT2D eigenvalue weighted by Gasteiger charge is -2.20. The van der Waals surface area contributed by atoms with Gasteiger partial charge in [0.15, 0.2) is 0 Å². The van der Waals surface area contributed by atoms with Crippen molar-refractivity contribution in [3.63, 3.8) is 0 Å². The summed E-state index contributed by atoms with van der Waals surface area (Å²) in [5.74, 6) is -0.0797. The van der Waals surface area contributed by atoms with Gasteiger partial charge in [0.05, 0.1) is 25.4 Å². The molecule has 0 rings (SSSR count). The van der Waals surface area contributed by atoms with Crippen LogP contribution in [0.15, 0.2) is 48.6 Å². The van der Waals surface area contributed by atoms with Gasteiger partial charge in [-0.15, -0.1) is 0 Å². The fourth-order valence-corrected chi connectivity index (χ4v) is 9.13. The Labute approximate surface area is 429 Å². The molecule has 0 fully saturated rings. The van der Waals surface area contributed by atoms with Crippen LogP contribution in [0.5, 0.6) is 0 Å². The highest BCUT2D eigenvalue weighted by molar-refractivity contribution is 5.76. The Morgan fingerprint density at radius 1 is 0.406 bits per heavy atom. The van der Waals surface area contributed by atoms with Gasteiger partial charge in [0.2, 0.25) is 5.91 Å². The summed E-state index contributed by atoms with van der Waals surface area (Å²) in [5.41, 5.74) is 0. The molecule has 0 radical (unpaired) electrons. The molecule has 1 amide bonds. The first kappa shape index (κ1) is 66.8. The van der Waals surface area contributed by atoms with Crippen LogP contribution in [-0.4, -0.2) is 47.4 Å². The first-order valence-electron chi connectivity index (χ1n) is 30.4. The van der Waals surface area contributed by atoms with Crippen molar-refractivity contribution in [1.82, 2.24) is 5.32 Å². The highest BCUT2D eigenvalue weighted by Crippen LogP contribution is 2.16. The number of hydrogen-bond acceptors (Lipinski definition) is 5. The van der Waals surface area contributed by atoms with E-state index in [2.05, 4.69) is 55.6 Å². The molecule has 6 heteroatoms. The number of amides is 1. The van der Waals surface area contributed by atoms with Gasteiger partial charge in [-0.25, -0.2) is 0 Å². The standard InChI is InChI=1S/C63H117NO5/c1-3-5-7-9-11-13-15-17-19-29-33-37-41-45-49-53-57-63(68)69-58-54-50-46-42-38-34-30-27-25-23-21-20-22-24-26-28-32-36-40-44-48-52-56-62(67)64-60(59-65)61(66)55-51-47-43-39-35-31-18-16-14-12-10-8-6-4-2/h13,15,19,22,24,29,51,55,60-61,65-66H,3-12,14,16-18,20-21,23,25-28,30-50,52-54,56-59H2,1-2H3,(H,64,67)/b15-13-,24-22-,29-19-,55-51+. The molecular weight excluding hydrogens is 851 g/mol. The van der Waals surface area contributed by atoms with Crippen LogP contribution in [0.4, 0.5) is 0 Å². The zero-order valence-corrected chi connectivity index (χ0v) is 46.0. The lowest BCUT2D eigenvalue weighted by Crippen LogP contribution is -2.45. The fraction of sp³-hybridized carbons (Fsp3) is 0.841. The minimum absolute atomic E-state index is 0.00449. The molecule has 0 spiro atoms. The van der Waals surface area contributed by atoms with Gasteiger partial charge in [0, 0.05) is 12.8 Å². The van der Waals surface area contributed by atoms with E-state index in [0.717, 1.165) is 57.8 Å². The first-order chi connectivity index (χ1) is 34.0. The largest absolute Gasteiger partial charge is 0.466 e. The average molecular weight is 969 g/mol. The van der Waals surface area contributed by atoms with E-state index in [1.807, 2.05) is 6.08 Å². The van der Waals surface area contributed by atoms with Gasteiger partial charge in [0.1, 0.15) is 0 Å². The Morgan fingerprint density at radius 2 is 0.725 bits per heavy atom. The lowest BCUT2D eigenvalue weighted by atomic mass is 10.0. The zero-order valence-electron chi connectivity index (χ0n) is 46.0. The summed E-state index contributed by atoms with van der Waals surface area (Å²) in [6, 6.07) is -0.633. The molecule has 2 unspecified atom stereocenters. The van der Waals surface area contributed by atoms with Gasteiger partial charge in [-0.3, -0.25) is 9.59 Å². The maximum atomic E-state index is 12.4. The van der Waals surface area contributed by atoms with Crippen LogP contribution < -0.4 is 5.32 Å². The Morgan fingerprint density at radius 3 is 1.13 bits per heavy atom. The van der Waals surface area contributed by atoms with Crippen molar-refractivity contribution < 1.29 is 24.5 Å². The number of ether oxygens (including phenoxy) is 1. The summed E-state index contributed by atoms with van der Waals surface area (Å²) >= 11 is 0. The molecule has 0 saturated carbocycles. The van der Waals surface area contributed by atoms with E-state index in [4.69, 9.17) is 4.74 Å². The second-order valence-corrected chi connectivity index (χ2v) is 20.7. The van der Waals surface area contributed by atoms with Crippen LogP contribution in [0.3, 0.4) is 0 Å². The number of allylic oxidation sites excluding steroid dienone is 7. The number of carbonyl (C=O) groups excluding carboxylic acids is 2. The van der Waals surface area contributed by atoms with Gasteiger partial charge < -0.3 is 20.3 Å². The van der Waals surface area contributed by atoms with Crippen molar-refractivity contribution in [3.05, 3.63) is 48.6 Å². The topological polar surface area (TPSA) is 95.9 Å². The van der Waals surface area contributed by atoms with Gasteiger partial charge in [0.25, 0.3) is 0 Å². The van der Waals surface area contributed by atoms with Crippen LogP contribution in [0.1, 0.15) is 316 Å². The molecule has 0 aliphatic rings. The summed E-state index contributed by atoms with van der Waals surface area (Å²) in [7, 11) is 0. The van der Waals surface area contributed by atoms with E-state index in [1.165, 1.54) is 231 Å². The number of nitrogens with one attached hydrogen (secondary N) is 1. The number of esters is 1. The molecule has 0 aromatic carbocycles. The van der Waals surface area contributed by atoms with Crippen LogP contribution in [0.2, 0.25) is 0 Å². The van der Waals surface area contributed by atoms with E-state index in [1.54, 1.807) is 6.08 Å². The second-order valence-electron chi connectivity index (χ2n) is 20.7. The molecule has 0 aliphatic heterocycles. The quantitative estimate of drug-likeness (QED) is 0.0321. The summed E-state index contributed by atoms with van der Waals surface area (Å²) in [6.07, 6.45) is 74.3. The number of aliphatic hydroxyl groups is 2. The van der Waals surface area contributed by atoms with E-state index < -0.39 is 12.1 Å². The third-order valence-electron chi connectivity index (χ3n) is 13.8. The predicted molar refractivity (Wildman–Crippen MR) is 301 cm³/mol. The normalized spacial score (nSPS) is 12.9. The summed E-state index contributed by atoms with van der Waals surface area (Å²) < 4.78 is 5.48. The molecule has 0 saturated heterocycles.